The van der Waals surface area contributed by atoms with Crippen molar-refractivity contribution >= 4 is 10.9 Å². The van der Waals surface area contributed by atoms with Crippen LogP contribution >= 0.6 is 0 Å². The van der Waals surface area contributed by atoms with Gasteiger partial charge in [-0.1, -0.05) is 18.2 Å². The molecule has 0 unspecified atom stereocenters. The van der Waals surface area contributed by atoms with Gasteiger partial charge in [-0.25, -0.2) is 0 Å². The Bertz CT molecular complexity index is 441. The van der Waals surface area contributed by atoms with Gasteiger partial charge in [0.05, 0.1) is 0 Å². The number of para-hydroxylation sites is 1. The van der Waals surface area contributed by atoms with Gasteiger partial charge in [0, 0.05) is 29.7 Å². The van der Waals surface area contributed by atoms with E-state index in [1.54, 1.807) is 0 Å². The van der Waals surface area contributed by atoms with Crippen LogP contribution < -0.4 is 5.73 Å². The smallest absolute Gasteiger partial charge is 0.0483 e. The molecule has 0 fully saturated rings. The molecule has 1 heterocycles. The second-order valence-electron chi connectivity index (χ2n) is 3.68. The number of nitrogens with zero attached hydrogens (tertiary/aromatic N) is 1. The quantitative estimate of drug-likeness (QED) is 0.771. The number of benzene rings is 1. The van der Waals surface area contributed by atoms with Crippen LogP contribution in [-0.4, -0.2) is 4.57 Å². The fourth-order valence-electron chi connectivity index (χ4n) is 1.90. The number of aryl methyl sites for hydroxylation is 1. The standard InChI is InChI=1S/C12H16N2/c1-3-14-8-11(9(2)13)10-6-4-5-7-12(10)14/h4-9H,3,13H2,1-2H3/t9-/m0/s1. The van der Waals surface area contributed by atoms with E-state index in [0.29, 0.717) is 0 Å². The summed E-state index contributed by atoms with van der Waals surface area (Å²) in [5.41, 5.74) is 8.45. The number of nitrogens with two attached hydrogens (primary N) is 1. The lowest BCUT2D eigenvalue weighted by atomic mass is 10.1. The highest BCUT2D eigenvalue weighted by Gasteiger charge is 2.09. The van der Waals surface area contributed by atoms with E-state index in [0.717, 1.165) is 6.54 Å². The predicted octanol–water partition coefficient (Wildman–Crippen LogP) is 2.68. The summed E-state index contributed by atoms with van der Waals surface area (Å²) in [6.45, 7) is 5.17. The number of hydrogen-bond acceptors (Lipinski definition) is 1. The van der Waals surface area contributed by atoms with Crippen LogP contribution in [0.15, 0.2) is 30.5 Å². The molecule has 0 amide bonds. The van der Waals surface area contributed by atoms with Crippen molar-refractivity contribution in [3.63, 3.8) is 0 Å². The molecule has 2 heteroatoms. The third kappa shape index (κ3) is 1.32. The molecule has 0 aliphatic rings. The average molecular weight is 188 g/mol. The highest BCUT2D eigenvalue weighted by molar-refractivity contribution is 5.84. The number of aromatic nitrogens is 1. The number of rotatable bonds is 2. The van der Waals surface area contributed by atoms with E-state index in [1.165, 1.54) is 16.5 Å². The molecule has 2 nitrogen and oxygen atoms in total. The van der Waals surface area contributed by atoms with Crippen molar-refractivity contribution in [1.29, 1.82) is 0 Å². The summed E-state index contributed by atoms with van der Waals surface area (Å²) in [4.78, 5) is 0. The molecule has 1 atom stereocenters. The molecule has 0 radical (unpaired) electrons. The van der Waals surface area contributed by atoms with Gasteiger partial charge < -0.3 is 10.3 Å². The van der Waals surface area contributed by atoms with Crippen LogP contribution in [-0.2, 0) is 6.54 Å². The second kappa shape index (κ2) is 3.46. The molecule has 0 aliphatic carbocycles. The lowest BCUT2D eigenvalue weighted by molar-refractivity contribution is 0.770. The third-order valence-electron chi connectivity index (χ3n) is 2.65. The first-order chi connectivity index (χ1) is 6.74. The van der Waals surface area contributed by atoms with E-state index in [9.17, 15) is 0 Å². The summed E-state index contributed by atoms with van der Waals surface area (Å²) in [5.74, 6) is 0. The molecule has 74 valence electrons. The van der Waals surface area contributed by atoms with E-state index in [2.05, 4.69) is 42.0 Å². The predicted molar refractivity (Wildman–Crippen MR) is 60.2 cm³/mol. The van der Waals surface area contributed by atoms with Gasteiger partial charge in [-0.2, -0.15) is 0 Å². The monoisotopic (exact) mass is 188 g/mol. The Balaban J connectivity index is 2.73. The van der Waals surface area contributed by atoms with E-state index < -0.39 is 0 Å². The Labute approximate surface area is 84.3 Å². The van der Waals surface area contributed by atoms with Crippen LogP contribution in [0.2, 0.25) is 0 Å². The zero-order valence-electron chi connectivity index (χ0n) is 8.70. The summed E-state index contributed by atoms with van der Waals surface area (Å²) < 4.78 is 2.24. The zero-order valence-corrected chi connectivity index (χ0v) is 8.70. The van der Waals surface area contributed by atoms with Gasteiger partial charge in [-0.05, 0) is 25.5 Å². The fourth-order valence-corrected chi connectivity index (χ4v) is 1.90. The normalized spacial score (nSPS) is 13.4. The topological polar surface area (TPSA) is 30.9 Å². The Hall–Kier alpha value is -1.28. The largest absolute Gasteiger partial charge is 0.347 e. The van der Waals surface area contributed by atoms with Gasteiger partial charge >= 0.3 is 0 Å². The van der Waals surface area contributed by atoms with Crippen molar-refractivity contribution in [3.05, 3.63) is 36.0 Å². The van der Waals surface area contributed by atoms with Crippen LogP contribution in [0.25, 0.3) is 10.9 Å². The van der Waals surface area contributed by atoms with Crippen molar-refractivity contribution in [2.24, 2.45) is 5.73 Å². The van der Waals surface area contributed by atoms with Crippen LogP contribution in [0.5, 0.6) is 0 Å². The average Bonchev–Trinajstić information content (AvgIpc) is 2.56. The summed E-state index contributed by atoms with van der Waals surface area (Å²) in [7, 11) is 0. The van der Waals surface area contributed by atoms with Gasteiger partial charge in [-0.15, -0.1) is 0 Å². The minimum Gasteiger partial charge on any atom is -0.347 e. The van der Waals surface area contributed by atoms with Crippen molar-refractivity contribution in [1.82, 2.24) is 4.57 Å². The maximum Gasteiger partial charge on any atom is 0.0483 e. The van der Waals surface area contributed by atoms with Crippen molar-refractivity contribution in [3.8, 4) is 0 Å². The summed E-state index contributed by atoms with van der Waals surface area (Å²) in [5, 5.41) is 1.28. The SMILES string of the molecule is CCn1cc([C@H](C)N)c2ccccc21. The van der Waals surface area contributed by atoms with E-state index in [4.69, 9.17) is 5.73 Å². The van der Waals surface area contributed by atoms with E-state index >= 15 is 0 Å². The molecule has 0 aliphatic heterocycles. The lowest BCUT2D eigenvalue weighted by Gasteiger charge is -2.01. The van der Waals surface area contributed by atoms with Crippen molar-refractivity contribution < 1.29 is 0 Å². The van der Waals surface area contributed by atoms with Crippen molar-refractivity contribution in [2.75, 3.05) is 0 Å². The maximum absolute atomic E-state index is 5.93. The van der Waals surface area contributed by atoms with Gasteiger partial charge in [-0.3, -0.25) is 0 Å². The van der Waals surface area contributed by atoms with Gasteiger partial charge in [0.15, 0.2) is 0 Å². The number of hydrogen-bond donors (Lipinski definition) is 1. The molecule has 14 heavy (non-hydrogen) atoms. The van der Waals surface area contributed by atoms with Crippen LogP contribution in [0, 0.1) is 0 Å². The molecule has 2 rings (SSSR count). The Morgan fingerprint density at radius 1 is 1.36 bits per heavy atom. The second-order valence-corrected chi connectivity index (χ2v) is 3.68. The molecule has 2 aromatic rings. The van der Waals surface area contributed by atoms with Crippen LogP contribution in [0.3, 0.4) is 0 Å². The van der Waals surface area contributed by atoms with E-state index in [1.807, 2.05) is 6.92 Å². The van der Waals surface area contributed by atoms with Crippen LogP contribution in [0.4, 0.5) is 0 Å². The highest BCUT2D eigenvalue weighted by Crippen LogP contribution is 2.24. The molecule has 0 spiro atoms. The number of fused-ring (bicyclic) bond motifs is 1. The van der Waals surface area contributed by atoms with Gasteiger partial charge in [0.1, 0.15) is 0 Å². The minimum atomic E-state index is 0.104. The highest BCUT2D eigenvalue weighted by atomic mass is 15.0. The fraction of sp³-hybridized carbons (Fsp3) is 0.333. The molecular formula is C12H16N2. The summed E-state index contributed by atoms with van der Waals surface area (Å²) >= 11 is 0. The molecule has 0 bridgehead atoms. The first-order valence-electron chi connectivity index (χ1n) is 5.07. The van der Waals surface area contributed by atoms with Gasteiger partial charge in [0.25, 0.3) is 0 Å². The molecular weight excluding hydrogens is 172 g/mol. The summed E-state index contributed by atoms with van der Waals surface area (Å²) in [6.07, 6.45) is 2.16. The maximum atomic E-state index is 5.93. The third-order valence-corrected chi connectivity index (χ3v) is 2.65. The molecule has 1 aromatic carbocycles. The molecule has 2 N–H and O–H groups in total. The molecule has 0 saturated carbocycles. The Kier molecular flexibility index (Phi) is 2.30. The van der Waals surface area contributed by atoms with Crippen molar-refractivity contribution in [2.45, 2.75) is 26.4 Å². The first kappa shape index (κ1) is 9.28. The minimum absolute atomic E-state index is 0.104. The van der Waals surface area contributed by atoms with Gasteiger partial charge in [0.2, 0.25) is 0 Å². The first-order valence-corrected chi connectivity index (χ1v) is 5.07. The zero-order chi connectivity index (χ0) is 10.1. The Morgan fingerprint density at radius 3 is 2.71 bits per heavy atom. The van der Waals surface area contributed by atoms with Crippen LogP contribution in [0.1, 0.15) is 25.5 Å². The Morgan fingerprint density at radius 2 is 2.07 bits per heavy atom. The summed E-state index contributed by atoms with van der Waals surface area (Å²) in [6, 6.07) is 8.52. The molecule has 1 aromatic heterocycles. The molecule has 0 saturated heterocycles. The van der Waals surface area contributed by atoms with E-state index in [-0.39, 0.29) is 6.04 Å². The lowest BCUT2D eigenvalue weighted by Crippen LogP contribution is -2.03.